The summed E-state index contributed by atoms with van der Waals surface area (Å²) in [5.41, 5.74) is 1.66. The molecule has 0 spiro atoms. The second-order valence-electron chi connectivity index (χ2n) is 7.38. The molecule has 0 bridgehead atoms. The lowest BCUT2D eigenvalue weighted by atomic mass is 10.1. The van der Waals surface area contributed by atoms with Crippen LogP contribution in [0.2, 0.25) is 0 Å². The first-order valence-electron chi connectivity index (χ1n) is 9.84. The van der Waals surface area contributed by atoms with Crippen LogP contribution in [0.5, 0.6) is 0 Å². The van der Waals surface area contributed by atoms with Crippen molar-refractivity contribution in [2.45, 2.75) is 25.8 Å². The van der Waals surface area contributed by atoms with Gasteiger partial charge < -0.3 is 15.4 Å². The van der Waals surface area contributed by atoms with Crippen molar-refractivity contribution in [3.8, 4) is 0 Å². The van der Waals surface area contributed by atoms with E-state index < -0.39 is 24.3 Å². The lowest BCUT2D eigenvalue weighted by Crippen LogP contribution is -2.28. The van der Waals surface area contributed by atoms with Crippen LogP contribution in [0.25, 0.3) is 10.9 Å². The van der Waals surface area contributed by atoms with Crippen molar-refractivity contribution in [2.75, 3.05) is 11.9 Å². The third kappa shape index (κ3) is 4.85. The van der Waals surface area contributed by atoms with E-state index in [0.29, 0.717) is 27.8 Å². The van der Waals surface area contributed by atoms with Crippen LogP contribution in [0.4, 0.5) is 10.1 Å². The van der Waals surface area contributed by atoms with Crippen LogP contribution in [-0.4, -0.2) is 35.4 Å². The van der Waals surface area contributed by atoms with Crippen LogP contribution in [0.3, 0.4) is 0 Å². The first-order chi connectivity index (χ1) is 14.9. The minimum absolute atomic E-state index is 0.188. The number of halogens is 1. The third-order valence-electron chi connectivity index (χ3n) is 4.88. The van der Waals surface area contributed by atoms with Gasteiger partial charge >= 0.3 is 5.97 Å². The maximum absolute atomic E-state index is 13.4. The molecule has 1 saturated carbocycles. The van der Waals surface area contributed by atoms with Gasteiger partial charge in [-0.3, -0.25) is 14.6 Å². The normalized spacial score (nSPS) is 13.0. The highest BCUT2D eigenvalue weighted by Crippen LogP contribution is 2.22. The van der Waals surface area contributed by atoms with Crippen molar-refractivity contribution in [2.24, 2.45) is 0 Å². The highest BCUT2D eigenvalue weighted by atomic mass is 19.1. The number of pyridine rings is 1. The molecule has 3 aromatic rings. The molecule has 8 heteroatoms. The van der Waals surface area contributed by atoms with Gasteiger partial charge in [-0.15, -0.1) is 0 Å². The fraction of sp³-hybridized carbons (Fsp3) is 0.217. The number of fused-ring (bicyclic) bond motifs is 1. The van der Waals surface area contributed by atoms with Crippen LogP contribution in [-0.2, 0) is 9.53 Å². The van der Waals surface area contributed by atoms with Crippen molar-refractivity contribution in [1.82, 2.24) is 10.3 Å². The standard InChI is InChI=1S/C23H20FN3O4/c1-13-18(10-14-6-7-15(24)11-20(14)25-13)23(30)31-12-21(28)27-19-5-3-2-4-17(19)22(29)26-16-8-9-16/h2-7,10-11,16H,8-9,12H2,1H3,(H,26,29)(H,27,28). The number of nitrogens with one attached hydrogen (secondary N) is 2. The average Bonchev–Trinajstić information content (AvgIpc) is 3.55. The van der Waals surface area contributed by atoms with Crippen molar-refractivity contribution in [3.63, 3.8) is 0 Å². The topological polar surface area (TPSA) is 97.4 Å². The fourth-order valence-electron chi connectivity index (χ4n) is 3.12. The SMILES string of the molecule is Cc1nc2cc(F)ccc2cc1C(=O)OCC(=O)Nc1ccccc1C(=O)NC1CC1. The van der Waals surface area contributed by atoms with Gasteiger partial charge in [0, 0.05) is 17.5 Å². The molecule has 1 aliphatic carbocycles. The van der Waals surface area contributed by atoms with Crippen LogP contribution in [0.1, 0.15) is 39.3 Å². The highest BCUT2D eigenvalue weighted by Gasteiger charge is 2.25. The lowest BCUT2D eigenvalue weighted by molar-refractivity contribution is -0.119. The Bertz CT molecular complexity index is 1190. The summed E-state index contributed by atoms with van der Waals surface area (Å²) in [5.74, 6) is -1.97. The Morgan fingerprint density at radius 1 is 1.10 bits per heavy atom. The molecule has 4 rings (SSSR count). The molecule has 0 atom stereocenters. The molecule has 1 aromatic heterocycles. The molecule has 0 saturated heterocycles. The number of aryl methyl sites for hydroxylation is 1. The van der Waals surface area contributed by atoms with Gasteiger partial charge in [0.05, 0.1) is 28.0 Å². The third-order valence-corrected chi connectivity index (χ3v) is 4.88. The Kier molecular flexibility index (Phi) is 5.62. The summed E-state index contributed by atoms with van der Waals surface area (Å²) in [5, 5.41) is 6.06. The average molecular weight is 421 g/mol. The van der Waals surface area contributed by atoms with Gasteiger partial charge in [0.1, 0.15) is 5.82 Å². The van der Waals surface area contributed by atoms with E-state index in [4.69, 9.17) is 4.74 Å². The summed E-state index contributed by atoms with van der Waals surface area (Å²) >= 11 is 0. The largest absolute Gasteiger partial charge is 0.452 e. The van der Waals surface area contributed by atoms with E-state index in [0.717, 1.165) is 12.8 Å². The minimum Gasteiger partial charge on any atom is -0.452 e. The molecule has 0 unspecified atom stereocenters. The number of rotatable bonds is 6. The molecule has 2 N–H and O–H groups in total. The Hall–Kier alpha value is -3.81. The number of carbonyl (C=O) groups is 3. The van der Waals surface area contributed by atoms with Crippen molar-refractivity contribution in [1.29, 1.82) is 0 Å². The Morgan fingerprint density at radius 3 is 2.65 bits per heavy atom. The van der Waals surface area contributed by atoms with Crippen molar-refractivity contribution < 1.29 is 23.5 Å². The number of anilines is 1. The Balaban J connectivity index is 1.41. The van der Waals surface area contributed by atoms with E-state index in [1.165, 1.54) is 18.2 Å². The number of carbonyl (C=O) groups excluding carboxylic acids is 3. The van der Waals surface area contributed by atoms with Crippen LogP contribution < -0.4 is 10.6 Å². The summed E-state index contributed by atoms with van der Waals surface area (Å²) < 4.78 is 18.5. The molecule has 31 heavy (non-hydrogen) atoms. The first kappa shape index (κ1) is 20.5. The predicted molar refractivity (Wildman–Crippen MR) is 112 cm³/mol. The molecular weight excluding hydrogens is 401 g/mol. The van der Waals surface area contributed by atoms with E-state index in [-0.39, 0.29) is 17.5 Å². The summed E-state index contributed by atoms with van der Waals surface area (Å²) in [7, 11) is 0. The van der Waals surface area contributed by atoms with E-state index in [9.17, 15) is 18.8 Å². The number of benzene rings is 2. The van der Waals surface area contributed by atoms with E-state index >= 15 is 0 Å². The molecule has 7 nitrogen and oxygen atoms in total. The first-order valence-corrected chi connectivity index (χ1v) is 9.84. The number of hydrogen-bond acceptors (Lipinski definition) is 5. The summed E-state index contributed by atoms with van der Waals surface area (Å²) in [4.78, 5) is 41.3. The predicted octanol–water partition coefficient (Wildman–Crippen LogP) is 3.37. The zero-order valence-electron chi connectivity index (χ0n) is 16.8. The molecule has 2 aromatic carbocycles. The Morgan fingerprint density at radius 2 is 1.87 bits per heavy atom. The molecule has 0 radical (unpaired) electrons. The van der Waals surface area contributed by atoms with E-state index in [1.807, 2.05) is 0 Å². The molecule has 1 heterocycles. The fourth-order valence-corrected chi connectivity index (χ4v) is 3.12. The number of ether oxygens (including phenoxy) is 1. The number of aromatic nitrogens is 1. The zero-order chi connectivity index (χ0) is 22.0. The van der Waals surface area contributed by atoms with Crippen LogP contribution in [0, 0.1) is 12.7 Å². The quantitative estimate of drug-likeness (QED) is 0.595. The second kappa shape index (κ2) is 8.51. The molecule has 1 aliphatic rings. The smallest absolute Gasteiger partial charge is 0.340 e. The zero-order valence-corrected chi connectivity index (χ0v) is 16.8. The van der Waals surface area contributed by atoms with Gasteiger partial charge in [0.25, 0.3) is 11.8 Å². The number of para-hydroxylation sites is 1. The summed E-state index contributed by atoms with van der Waals surface area (Å²) in [6, 6.07) is 12.4. The number of esters is 1. The van der Waals surface area contributed by atoms with Gasteiger partial charge in [0.2, 0.25) is 0 Å². The van der Waals surface area contributed by atoms with Crippen molar-refractivity contribution in [3.05, 3.63) is 71.2 Å². The monoisotopic (exact) mass is 421 g/mol. The van der Waals surface area contributed by atoms with E-state index in [1.54, 1.807) is 37.3 Å². The number of hydrogen-bond donors (Lipinski definition) is 2. The van der Waals surface area contributed by atoms with Gasteiger partial charge in [-0.05, 0) is 50.1 Å². The van der Waals surface area contributed by atoms with Gasteiger partial charge in [-0.2, -0.15) is 0 Å². The van der Waals surface area contributed by atoms with E-state index in [2.05, 4.69) is 15.6 Å². The molecule has 158 valence electrons. The lowest BCUT2D eigenvalue weighted by Gasteiger charge is -2.12. The highest BCUT2D eigenvalue weighted by molar-refractivity contribution is 6.04. The second-order valence-corrected chi connectivity index (χ2v) is 7.38. The number of amides is 2. The maximum Gasteiger partial charge on any atom is 0.340 e. The van der Waals surface area contributed by atoms with Crippen LogP contribution >= 0.6 is 0 Å². The van der Waals surface area contributed by atoms with Gasteiger partial charge in [-0.1, -0.05) is 12.1 Å². The summed E-state index contributed by atoms with van der Waals surface area (Å²) in [6.45, 7) is 1.08. The molecular formula is C23H20FN3O4. The molecule has 0 aliphatic heterocycles. The molecule has 2 amide bonds. The Labute approximate surface area is 177 Å². The minimum atomic E-state index is -0.717. The maximum atomic E-state index is 13.4. The van der Waals surface area contributed by atoms with Gasteiger partial charge in [-0.25, -0.2) is 9.18 Å². The van der Waals surface area contributed by atoms with Crippen molar-refractivity contribution >= 4 is 34.4 Å². The van der Waals surface area contributed by atoms with Crippen LogP contribution in [0.15, 0.2) is 48.5 Å². The van der Waals surface area contributed by atoms with Gasteiger partial charge in [0.15, 0.2) is 6.61 Å². The molecule has 1 fully saturated rings. The summed E-state index contributed by atoms with van der Waals surface area (Å²) in [6.07, 6.45) is 1.91. The number of nitrogens with zero attached hydrogens (tertiary/aromatic N) is 1.